The minimum atomic E-state index is -0.430. The number of methoxy groups -OCH3 is 1. The summed E-state index contributed by atoms with van der Waals surface area (Å²) in [5.41, 5.74) is 5.73. The highest BCUT2D eigenvalue weighted by Crippen LogP contribution is 2.17. The summed E-state index contributed by atoms with van der Waals surface area (Å²) in [6.45, 7) is 1.98. The molecule has 0 saturated carbocycles. The van der Waals surface area contributed by atoms with E-state index in [-0.39, 0.29) is 0 Å². The summed E-state index contributed by atoms with van der Waals surface area (Å²) < 4.78 is 10.3. The maximum Gasteiger partial charge on any atom is 0.161 e. The number of anilines is 2. The lowest BCUT2D eigenvalue weighted by Crippen LogP contribution is -2.42. The van der Waals surface area contributed by atoms with E-state index < -0.39 is 6.10 Å². The first-order valence-electron chi connectivity index (χ1n) is 5.61. The van der Waals surface area contributed by atoms with Gasteiger partial charge in [-0.3, -0.25) is 0 Å². The summed E-state index contributed by atoms with van der Waals surface area (Å²) in [6, 6.07) is 3.79. The second kappa shape index (κ2) is 5.62. The monoisotopic (exact) mass is 249 g/mol. The van der Waals surface area contributed by atoms with Crippen LogP contribution in [0.5, 0.6) is 0 Å². The minimum Gasteiger partial charge on any atom is -0.384 e. The summed E-state index contributed by atoms with van der Waals surface area (Å²) in [6.07, 6.45) is -0.430. The molecule has 2 N–H and O–H groups in total. The van der Waals surface area contributed by atoms with Crippen LogP contribution in [0.15, 0.2) is 6.07 Å². The third kappa shape index (κ3) is 2.85. The third-order valence-electron chi connectivity index (χ3n) is 2.59. The Morgan fingerprint density at radius 1 is 1.67 bits per heavy atom. The Hall–Kier alpha value is -1.91. The summed E-state index contributed by atoms with van der Waals surface area (Å²) in [7, 11) is 1.58. The van der Waals surface area contributed by atoms with Gasteiger partial charge in [0, 0.05) is 19.7 Å². The highest BCUT2D eigenvalue weighted by molar-refractivity contribution is 5.47. The van der Waals surface area contributed by atoms with Crippen molar-refractivity contribution in [2.75, 3.05) is 37.4 Å². The zero-order valence-electron chi connectivity index (χ0n) is 10.2. The van der Waals surface area contributed by atoms with Crippen molar-refractivity contribution in [1.82, 2.24) is 9.97 Å². The summed E-state index contributed by atoms with van der Waals surface area (Å²) in [5.74, 6) is 1.64. The molecule has 0 bridgehead atoms. The Balaban J connectivity index is 2.19. The number of morpholine rings is 1. The van der Waals surface area contributed by atoms with Crippen molar-refractivity contribution in [3.8, 4) is 6.07 Å². The van der Waals surface area contributed by atoms with Crippen LogP contribution in [0.25, 0.3) is 0 Å². The van der Waals surface area contributed by atoms with E-state index in [4.69, 9.17) is 20.5 Å². The average molecular weight is 249 g/mol. The van der Waals surface area contributed by atoms with E-state index in [1.165, 1.54) is 0 Å². The van der Waals surface area contributed by atoms with Crippen LogP contribution in [-0.2, 0) is 16.1 Å². The highest BCUT2D eigenvalue weighted by Gasteiger charge is 2.21. The molecule has 0 aromatic carbocycles. The van der Waals surface area contributed by atoms with Gasteiger partial charge in [0.1, 0.15) is 18.2 Å². The maximum atomic E-state index is 8.87. The van der Waals surface area contributed by atoms with Gasteiger partial charge in [-0.25, -0.2) is 9.97 Å². The predicted molar refractivity (Wildman–Crippen MR) is 64.7 cm³/mol. The predicted octanol–water partition coefficient (Wildman–Crippen LogP) is -0.0660. The van der Waals surface area contributed by atoms with E-state index in [0.29, 0.717) is 43.8 Å². The molecule has 2 heterocycles. The standard InChI is InChI=1S/C11H15N5O2/c1-17-7-10-14-9(13)4-11(15-10)16-2-3-18-8(5-12)6-16/h4,8H,2-3,6-7H2,1H3,(H2,13,14,15). The van der Waals surface area contributed by atoms with Crippen molar-refractivity contribution in [3.63, 3.8) is 0 Å². The van der Waals surface area contributed by atoms with Crippen LogP contribution >= 0.6 is 0 Å². The van der Waals surface area contributed by atoms with Crippen LogP contribution in [0.1, 0.15) is 5.82 Å². The lowest BCUT2D eigenvalue weighted by atomic mass is 10.3. The molecule has 1 aromatic heterocycles. The van der Waals surface area contributed by atoms with Crippen molar-refractivity contribution < 1.29 is 9.47 Å². The normalized spacial score (nSPS) is 19.6. The number of aromatic nitrogens is 2. The lowest BCUT2D eigenvalue weighted by molar-refractivity contribution is 0.0761. The van der Waals surface area contributed by atoms with Gasteiger partial charge in [0.15, 0.2) is 11.9 Å². The molecule has 0 radical (unpaired) electrons. The molecule has 1 aliphatic heterocycles. The molecule has 18 heavy (non-hydrogen) atoms. The van der Waals surface area contributed by atoms with E-state index in [1.807, 2.05) is 4.90 Å². The third-order valence-corrected chi connectivity index (χ3v) is 2.59. The van der Waals surface area contributed by atoms with Gasteiger partial charge >= 0.3 is 0 Å². The van der Waals surface area contributed by atoms with Crippen molar-refractivity contribution >= 4 is 11.6 Å². The van der Waals surface area contributed by atoms with Crippen molar-refractivity contribution in [2.45, 2.75) is 12.7 Å². The number of nitrogens with two attached hydrogens (primary N) is 1. The van der Waals surface area contributed by atoms with Crippen LogP contribution in [0.3, 0.4) is 0 Å². The number of nitriles is 1. The molecule has 0 aliphatic carbocycles. The molecule has 7 heteroatoms. The second-order valence-corrected chi connectivity index (χ2v) is 3.93. The van der Waals surface area contributed by atoms with Crippen molar-refractivity contribution in [2.24, 2.45) is 0 Å². The van der Waals surface area contributed by atoms with E-state index in [2.05, 4.69) is 16.0 Å². The Labute approximate surface area is 105 Å². The smallest absolute Gasteiger partial charge is 0.161 e. The molecule has 7 nitrogen and oxygen atoms in total. The molecule has 96 valence electrons. The fraction of sp³-hybridized carbons (Fsp3) is 0.545. The number of hydrogen-bond donors (Lipinski definition) is 1. The second-order valence-electron chi connectivity index (χ2n) is 3.93. The quantitative estimate of drug-likeness (QED) is 0.801. The van der Waals surface area contributed by atoms with Gasteiger partial charge < -0.3 is 20.1 Å². The number of ether oxygens (including phenoxy) is 2. The Morgan fingerprint density at radius 2 is 2.50 bits per heavy atom. The van der Waals surface area contributed by atoms with E-state index in [0.717, 1.165) is 0 Å². The van der Waals surface area contributed by atoms with Crippen LogP contribution in [0, 0.1) is 11.3 Å². The van der Waals surface area contributed by atoms with E-state index in [1.54, 1.807) is 13.2 Å². The topological polar surface area (TPSA) is 97.3 Å². The van der Waals surface area contributed by atoms with Crippen LogP contribution < -0.4 is 10.6 Å². The number of hydrogen-bond acceptors (Lipinski definition) is 7. The molecular weight excluding hydrogens is 234 g/mol. The first-order valence-corrected chi connectivity index (χ1v) is 5.61. The Kier molecular flexibility index (Phi) is 3.92. The molecule has 0 spiro atoms. The van der Waals surface area contributed by atoms with E-state index >= 15 is 0 Å². The minimum absolute atomic E-state index is 0.310. The van der Waals surface area contributed by atoms with Crippen molar-refractivity contribution in [1.29, 1.82) is 5.26 Å². The molecule has 1 unspecified atom stereocenters. The van der Waals surface area contributed by atoms with Crippen molar-refractivity contribution in [3.05, 3.63) is 11.9 Å². The van der Waals surface area contributed by atoms with E-state index in [9.17, 15) is 0 Å². The fourth-order valence-electron chi connectivity index (χ4n) is 1.79. The van der Waals surface area contributed by atoms with Gasteiger partial charge in [-0.1, -0.05) is 0 Å². The number of rotatable bonds is 3. The summed E-state index contributed by atoms with van der Waals surface area (Å²) in [4.78, 5) is 10.4. The average Bonchev–Trinajstić information content (AvgIpc) is 2.38. The first-order chi connectivity index (χ1) is 8.72. The molecule has 1 aromatic rings. The number of nitrogens with zero attached hydrogens (tertiary/aromatic N) is 4. The zero-order chi connectivity index (χ0) is 13.0. The molecular formula is C11H15N5O2. The lowest BCUT2D eigenvalue weighted by Gasteiger charge is -2.30. The molecule has 1 fully saturated rings. The van der Waals surface area contributed by atoms with Gasteiger partial charge in [0.05, 0.1) is 19.2 Å². The van der Waals surface area contributed by atoms with Gasteiger partial charge in [-0.05, 0) is 0 Å². The van der Waals surface area contributed by atoms with Gasteiger partial charge in [0.2, 0.25) is 0 Å². The first kappa shape index (κ1) is 12.5. The Morgan fingerprint density at radius 3 is 3.22 bits per heavy atom. The van der Waals surface area contributed by atoms with Gasteiger partial charge in [-0.2, -0.15) is 5.26 Å². The molecule has 1 atom stereocenters. The summed E-state index contributed by atoms with van der Waals surface area (Å²) in [5, 5.41) is 8.87. The molecule has 1 saturated heterocycles. The largest absolute Gasteiger partial charge is 0.384 e. The maximum absolute atomic E-state index is 8.87. The van der Waals surface area contributed by atoms with Crippen LogP contribution in [-0.4, -0.2) is 42.9 Å². The van der Waals surface area contributed by atoms with Gasteiger partial charge in [0.25, 0.3) is 0 Å². The van der Waals surface area contributed by atoms with Crippen LogP contribution in [0.2, 0.25) is 0 Å². The zero-order valence-corrected chi connectivity index (χ0v) is 10.2. The molecule has 2 rings (SSSR count). The van der Waals surface area contributed by atoms with Crippen LogP contribution in [0.4, 0.5) is 11.6 Å². The SMILES string of the molecule is COCc1nc(N)cc(N2CCOC(C#N)C2)n1. The molecule has 0 amide bonds. The fourth-order valence-corrected chi connectivity index (χ4v) is 1.79. The highest BCUT2D eigenvalue weighted by atomic mass is 16.5. The number of nitrogen functional groups attached to an aromatic ring is 1. The molecule has 1 aliphatic rings. The Bertz CT molecular complexity index is 459. The van der Waals surface area contributed by atoms with Gasteiger partial charge in [-0.15, -0.1) is 0 Å². The summed E-state index contributed by atoms with van der Waals surface area (Å²) >= 11 is 0.